The van der Waals surface area contributed by atoms with Crippen molar-refractivity contribution in [1.29, 1.82) is 0 Å². The fourth-order valence-electron chi connectivity index (χ4n) is 3.20. The van der Waals surface area contributed by atoms with Crippen molar-refractivity contribution in [2.45, 2.75) is 18.7 Å². The van der Waals surface area contributed by atoms with Crippen LogP contribution in [0.1, 0.15) is 22.8 Å². The predicted octanol–water partition coefficient (Wildman–Crippen LogP) is 4.01. The Bertz CT molecular complexity index is 1260. The van der Waals surface area contributed by atoms with Gasteiger partial charge in [-0.2, -0.15) is 0 Å². The molecular formula is C25H26N2O6S. The van der Waals surface area contributed by atoms with Gasteiger partial charge in [-0.25, -0.2) is 13.2 Å². The Kier molecular flexibility index (Phi) is 7.91. The van der Waals surface area contributed by atoms with Crippen molar-refractivity contribution in [2.75, 3.05) is 29.9 Å². The van der Waals surface area contributed by atoms with E-state index in [-0.39, 0.29) is 17.1 Å². The van der Waals surface area contributed by atoms with Crippen molar-refractivity contribution in [3.63, 3.8) is 0 Å². The second kappa shape index (κ2) is 10.8. The lowest BCUT2D eigenvalue weighted by molar-refractivity contribution is -0.114. The summed E-state index contributed by atoms with van der Waals surface area (Å²) in [5.41, 5.74) is 1.73. The lowest BCUT2D eigenvalue weighted by atomic mass is 10.1. The quantitative estimate of drug-likeness (QED) is 0.462. The lowest BCUT2D eigenvalue weighted by Gasteiger charge is -2.24. The number of para-hydroxylation sites is 1. The first-order chi connectivity index (χ1) is 16.3. The zero-order valence-electron chi connectivity index (χ0n) is 19.1. The summed E-state index contributed by atoms with van der Waals surface area (Å²) >= 11 is 0. The van der Waals surface area contributed by atoms with Gasteiger partial charge in [0.05, 0.1) is 29.9 Å². The fraction of sp³-hybridized carbons (Fsp3) is 0.200. The Morgan fingerprint density at radius 3 is 2.26 bits per heavy atom. The Morgan fingerprint density at radius 2 is 1.65 bits per heavy atom. The zero-order chi connectivity index (χ0) is 24.7. The van der Waals surface area contributed by atoms with Crippen LogP contribution in [0.15, 0.2) is 77.7 Å². The van der Waals surface area contributed by atoms with Crippen molar-refractivity contribution in [3.05, 3.63) is 83.9 Å². The molecule has 0 unspecified atom stereocenters. The topological polar surface area (TPSA) is 102 Å². The molecule has 8 nitrogen and oxygen atoms in total. The van der Waals surface area contributed by atoms with Crippen LogP contribution in [-0.2, 0) is 19.6 Å². The first-order valence-electron chi connectivity index (χ1n) is 10.6. The van der Waals surface area contributed by atoms with Crippen LogP contribution in [-0.4, -0.2) is 40.6 Å². The van der Waals surface area contributed by atoms with Crippen LogP contribution in [0.25, 0.3) is 0 Å². The Hall–Kier alpha value is -3.85. The lowest BCUT2D eigenvalue weighted by Crippen LogP contribution is -2.38. The Balaban J connectivity index is 1.90. The van der Waals surface area contributed by atoms with Crippen molar-refractivity contribution >= 4 is 33.3 Å². The number of carbonyl (C=O) groups is 2. The number of carbonyl (C=O) groups excluding carboxylic acids is 2. The van der Waals surface area contributed by atoms with Gasteiger partial charge in [-0.1, -0.05) is 24.3 Å². The zero-order valence-corrected chi connectivity index (χ0v) is 20.0. The molecule has 0 aliphatic heterocycles. The Labute approximate surface area is 199 Å². The second-order valence-electron chi connectivity index (χ2n) is 7.32. The molecule has 0 aliphatic rings. The SMILES string of the molecule is CCOC(=O)c1ccc(C)c(NC(=O)CN(c2ccccc2)S(=O)(=O)c2ccc(OC)cc2)c1. The summed E-state index contributed by atoms with van der Waals surface area (Å²) in [6, 6.07) is 19.1. The number of ether oxygens (including phenoxy) is 2. The van der Waals surface area contributed by atoms with E-state index in [1.165, 1.54) is 25.3 Å². The van der Waals surface area contributed by atoms with E-state index in [0.29, 0.717) is 22.7 Å². The maximum absolute atomic E-state index is 13.4. The fourth-order valence-corrected chi connectivity index (χ4v) is 4.62. The predicted molar refractivity (Wildman–Crippen MR) is 130 cm³/mol. The number of anilines is 2. The minimum Gasteiger partial charge on any atom is -0.497 e. The molecule has 3 rings (SSSR count). The number of hydrogen-bond donors (Lipinski definition) is 1. The molecule has 0 saturated heterocycles. The third kappa shape index (κ3) is 5.74. The molecule has 3 aromatic rings. The largest absolute Gasteiger partial charge is 0.497 e. The van der Waals surface area contributed by atoms with Gasteiger partial charge in [0, 0.05) is 5.69 Å². The highest BCUT2D eigenvalue weighted by molar-refractivity contribution is 7.92. The van der Waals surface area contributed by atoms with E-state index in [2.05, 4.69) is 5.32 Å². The Morgan fingerprint density at radius 1 is 0.971 bits per heavy atom. The number of benzene rings is 3. The van der Waals surface area contributed by atoms with Crippen molar-refractivity contribution in [1.82, 2.24) is 0 Å². The molecule has 1 N–H and O–H groups in total. The van der Waals surface area contributed by atoms with Gasteiger partial charge in [-0.3, -0.25) is 9.10 Å². The van der Waals surface area contributed by atoms with Crippen LogP contribution >= 0.6 is 0 Å². The minimum absolute atomic E-state index is 0.0189. The molecule has 178 valence electrons. The van der Waals surface area contributed by atoms with Gasteiger partial charge in [0.1, 0.15) is 12.3 Å². The molecule has 0 heterocycles. The highest BCUT2D eigenvalue weighted by Crippen LogP contribution is 2.25. The van der Waals surface area contributed by atoms with Crippen LogP contribution < -0.4 is 14.4 Å². The minimum atomic E-state index is -4.06. The number of nitrogens with zero attached hydrogens (tertiary/aromatic N) is 1. The van der Waals surface area contributed by atoms with E-state index < -0.39 is 28.4 Å². The van der Waals surface area contributed by atoms with Crippen LogP contribution in [0, 0.1) is 6.92 Å². The average Bonchev–Trinajstić information content (AvgIpc) is 2.84. The number of esters is 1. The molecule has 3 aromatic carbocycles. The van der Waals surface area contributed by atoms with Gasteiger partial charge in [-0.05, 0) is 67.9 Å². The van der Waals surface area contributed by atoms with Crippen LogP contribution in [0.2, 0.25) is 0 Å². The molecule has 0 aliphatic carbocycles. The first kappa shape index (κ1) is 24.8. The number of sulfonamides is 1. The summed E-state index contributed by atoms with van der Waals surface area (Å²) in [5.74, 6) is -0.559. The smallest absolute Gasteiger partial charge is 0.338 e. The summed E-state index contributed by atoms with van der Waals surface area (Å²) in [5, 5.41) is 2.72. The average molecular weight is 483 g/mol. The number of hydrogen-bond acceptors (Lipinski definition) is 6. The highest BCUT2D eigenvalue weighted by atomic mass is 32.2. The maximum atomic E-state index is 13.4. The number of rotatable bonds is 9. The molecule has 0 spiro atoms. The number of aryl methyl sites for hydroxylation is 1. The first-order valence-corrected chi connectivity index (χ1v) is 12.0. The molecule has 0 radical (unpaired) electrons. The van der Waals surface area contributed by atoms with E-state index in [4.69, 9.17) is 9.47 Å². The van der Waals surface area contributed by atoms with E-state index in [1.54, 1.807) is 68.4 Å². The molecular weight excluding hydrogens is 456 g/mol. The van der Waals surface area contributed by atoms with Crippen LogP contribution in [0.3, 0.4) is 0 Å². The van der Waals surface area contributed by atoms with Gasteiger partial charge in [0.15, 0.2) is 0 Å². The monoisotopic (exact) mass is 482 g/mol. The molecule has 9 heteroatoms. The molecule has 0 fully saturated rings. The van der Waals surface area contributed by atoms with Gasteiger partial charge in [-0.15, -0.1) is 0 Å². The van der Waals surface area contributed by atoms with Crippen LogP contribution in [0.4, 0.5) is 11.4 Å². The van der Waals surface area contributed by atoms with Gasteiger partial charge in [0.25, 0.3) is 10.0 Å². The standard InChI is InChI=1S/C25H26N2O6S/c1-4-33-25(29)19-11-10-18(2)23(16-19)26-24(28)17-27(20-8-6-5-7-9-20)34(30,31)22-14-12-21(32-3)13-15-22/h5-16H,4,17H2,1-3H3,(H,26,28). The molecule has 0 saturated carbocycles. The molecule has 0 atom stereocenters. The van der Waals surface area contributed by atoms with Gasteiger partial charge < -0.3 is 14.8 Å². The van der Waals surface area contributed by atoms with E-state index in [1.807, 2.05) is 0 Å². The summed E-state index contributed by atoms with van der Waals surface area (Å²) in [6.45, 7) is 3.23. The summed E-state index contributed by atoms with van der Waals surface area (Å²) in [7, 11) is -2.57. The second-order valence-corrected chi connectivity index (χ2v) is 9.18. The van der Waals surface area contributed by atoms with E-state index >= 15 is 0 Å². The maximum Gasteiger partial charge on any atom is 0.338 e. The third-order valence-corrected chi connectivity index (χ3v) is 6.79. The molecule has 0 aromatic heterocycles. The van der Waals surface area contributed by atoms with Crippen molar-refractivity contribution < 1.29 is 27.5 Å². The van der Waals surface area contributed by atoms with E-state index in [0.717, 1.165) is 4.31 Å². The van der Waals surface area contributed by atoms with Crippen LogP contribution in [0.5, 0.6) is 5.75 Å². The van der Waals surface area contributed by atoms with E-state index in [9.17, 15) is 18.0 Å². The van der Waals surface area contributed by atoms with Gasteiger partial charge >= 0.3 is 5.97 Å². The van der Waals surface area contributed by atoms with Gasteiger partial charge in [0.2, 0.25) is 5.91 Å². The van der Waals surface area contributed by atoms with Crippen molar-refractivity contribution in [2.24, 2.45) is 0 Å². The number of amides is 1. The highest BCUT2D eigenvalue weighted by Gasteiger charge is 2.27. The molecule has 34 heavy (non-hydrogen) atoms. The summed E-state index contributed by atoms with van der Waals surface area (Å²) in [6.07, 6.45) is 0. The summed E-state index contributed by atoms with van der Waals surface area (Å²) < 4.78 is 38.0. The van der Waals surface area contributed by atoms with Crippen molar-refractivity contribution in [3.8, 4) is 5.75 Å². The molecule has 0 bridgehead atoms. The molecule has 1 amide bonds. The number of nitrogens with one attached hydrogen (secondary N) is 1. The third-order valence-electron chi connectivity index (χ3n) is 5.00. The summed E-state index contributed by atoms with van der Waals surface area (Å²) in [4.78, 5) is 25.1. The normalized spacial score (nSPS) is 10.9. The number of methoxy groups -OCH3 is 1.